The molecule has 58 heavy (non-hydrogen) atoms. The Morgan fingerprint density at radius 1 is 0.897 bits per heavy atom. The van der Waals surface area contributed by atoms with E-state index in [0.717, 1.165) is 0 Å². The van der Waals surface area contributed by atoms with E-state index < -0.39 is 102 Å². The molecule has 3 rings (SSSR count). The highest BCUT2D eigenvalue weighted by Gasteiger charge is 2.53. The number of esters is 1. The fourth-order valence-corrected chi connectivity index (χ4v) is 8.93. The van der Waals surface area contributed by atoms with Gasteiger partial charge in [-0.15, -0.1) is 0 Å². The van der Waals surface area contributed by atoms with E-state index in [9.17, 15) is 30.3 Å². The van der Waals surface area contributed by atoms with Gasteiger partial charge in [-0.1, -0.05) is 32.9 Å². The van der Waals surface area contributed by atoms with Crippen molar-refractivity contribution in [2.24, 2.45) is 28.8 Å². The predicted molar refractivity (Wildman–Crippen MR) is 212 cm³/mol. The van der Waals surface area contributed by atoms with Crippen molar-refractivity contribution < 1.29 is 73.1 Å². The molecule has 2 unspecified atom stereocenters. The van der Waals surface area contributed by atoms with E-state index in [-0.39, 0.29) is 44.8 Å². The molecule has 3 fully saturated rings. The number of carbonyl (C=O) groups excluding carboxylic acids is 1. The van der Waals surface area contributed by atoms with Crippen LogP contribution in [-0.2, 0) is 47.5 Å². The number of carbonyl (C=O) groups is 1. The summed E-state index contributed by atoms with van der Waals surface area (Å²) < 4.78 is 48.1. The van der Waals surface area contributed by atoms with Crippen LogP contribution in [0.1, 0.15) is 94.9 Å². The lowest BCUT2D eigenvalue weighted by atomic mass is 9.73. The van der Waals surface area contributed by atoms with Crippen molar-refractivity contribution in [2.75, 3.05) is 48.3 Å². The first-order valence-corrected chi connectivity index (χ1v) is 20.8. The van der Waals surface area contributed by atoms with Gasteiger partial charge in [-0.25, -0.2) is 0 Å². The molecule has 18 atom stereocenters. The molecule has 0 bridgehead atoms. The van der Waals surface area contributed by atoms with E-state index >= 15 is 0 Å². The topological polar surface area (TPSA) is 217 Å². The summed E-state index contributed by atoms with van der Waals surface area (Å²) in [4.78, 5) is 21.8. The van der Waals surface area contributed by atoms with Crippen molar-refractivity contribution in [2.45, 2.75) is 179 Å². The molecule has 3 aliphatic heterocycles. The van der Waals surface area contributed by atoms with Gasteiger partial charge in [0.25, 0.3) is 0 Å². The molecule has 3 aliphatic rings. The monoisotopic (exact) mass is 837 g/mol. The van der Waals surface area contributed by atoms with Crippen LogP contribution in [0.15, 0.2) is 5.16 Å². The van der Waals surface area contributed by atoms with Crippen LogP contribution in [0.4, 0.5) is 0 Å². The number of aliphatic hydroxyl groups excluding tert-OH is 3. The van der Waals surface area contributed by atoms with E-state index in [1.165, 1.54) is 14.0 Å². The molecule has 17 nitrogen and oxygen atoms in total. The fourth-order valence-electron chi connectivity index (χ4n) is 8.93. The first kappa shape index (κ1) is 50.8. The van der Waals surface area contributed by atoms with Crippen LogP contribution in [0.5, 0.6) is 0 Å². The number of rotatable bonds is 13. The highest BCUT2D eigenvalue weighted by molar-refractivity contribution is 5.88. The van der Waals surface area contributed by atoms with Gasteiger partial charge in [-0.05, 0) is 74.9 Å². The van der Waals surface area contributed by atoms with Gasteiger partial charge in [0.1, 0.15) is 23.9 Å². The van der Waals surface area contributed by atoms with Crippen molar-refractivity contribution in [1.29, 1.82) is 0 Å². The summed E-state index contributed by atoms with van der Waals surface area (Å²) in [5.74, 6) is -4.14. The summed E-state index contributed by atoms with van der Waals surface area (Å²) in [6, 6.07) is -0.328. The first-order valence-electron chi connectivity index (χ1n) is 20.8. The molecule has 0 aromatic rings. The molecule has 0 aliphatic carbocycles. The summed E-state index contributed by atoms with van der Waals surface area (Å²) in [6.45, 7) is 17.3. The second-order valence-electron chi connectivity index (χ2n) is 17.7. The van der Waals surface area contributed by atoms with E-state index in [4.69, 9.17) is 42.7 Å². The highest BCUT2D eigenvalue weighted by atomic mass is 16.7. The van der Waals surface area contributed by atoms with Crippen molar-refractivity contribution in [3.63, 3.8) is 0 Å². The zero-order valence-electron chi connectivity index (χ0n) is 37.3. The summed E-state index contributed by atoms with van der Waals surface area (Å²) in [6.07, 6.45) is -9.49. The minimum absolute atomic E-state index is 0.0307. The lowest BCUT2D eigenvalue weighted by Gasteiger charge is -2.49. The van der Waals surface area contributed by atoms with Crippen LogP contribution in [-0.4, -0.2) is 175 Å². The lowest BCUT2D eigenvalue weighted by molar-refractivity contribution is -0.317. The standard InChI is InChI=1S/C41H76N2O15/c1-15-29-41(10,49)34(45)24(4)31(42-53-21-52-17-16-50-13)22(2)19-39(8,48)36(58-38-32(44)28(43(11)12)18-23(3)54-38)25(5)33(26(6)37(47)56-29)57-30-20-40(9,51-14)35(46)27(7)55-30/h22-30,32-36,38,44-46,48-49H,15-21H2,1-14H3/t22-,23-,24+,25+,26-,27+,28+,29-,30?,32-,33+,34-,35+,36-,38?,39-,40-,41-/m1/s1. The number of cyclic esters (lactones) is 1. The predicted octanol–water partition coefficient (Wildman–Crippen LogP) is 2.21. The second-order valence-corrected chi connectivity index (χ2v) is 17.7. The van der Waals surface area contributed by atoms with Crippen LogP contribution in [0.2, 0.25) is 0 Å². The Bertz CT molecular complexity index is 1300. The van der Waals surface area contributed by atoms with E-state index in [1.54, 1.807) is 55.6 Å². The van der Waals surface area contributed by atoms with E-state index in [0.29, 0.717) is 18.7 Å². The van der Waals surface area contributed by atoms with Crippen LogP contribution in [0.3, 0.4) is 0 Å². The minimum Gasteiger partial charge on any atom is -0.459 e. The maximum absolute atomic E-state index is 14.3. The average Bonchev–Trinajstić information content (AvgIpc) is 3.15. The maximum Gasteiger partial charge on any atom is 0.311 e. The number of methoxy groups -OCH3 is 2. The number of nitrogens with zero attached hydrogens (tertiary/aromatic N) is 2. The average molecular weight is 837 g/mol. The van der Waals surface area contributed by atoms with Crippen LogP contribution >= 0.6 is 0 Å². The quantitative estimate of drug-likeness (QED) is 0.0778. The van der Waals surface area contributed by atoms with Gasteiger partial charge in [0.2, 0.25) is 6.79 Å². The maximum atomic E-state index is 14.3. The largest absolute Gasteiger partial charge is 0.459 e. The molecular weight excluding hydrogens is 760 g/mol. The number of hydrogen-bond acceptors (Lipinski definition) is 17. The van der Waals surface area contributed by atoms with Crippen LogP contribution in [0, 0.1) is 23.7 Å². The third-order valence-electron chi connectivity index (χ3n) is 12.6. The first-order chi connectivity index (χ1) is 27.0. The summed E-state index contributed by atoms with van der Waals surface area (Å²) in [5.41, 5.74) is -4.49. The molecule has 0 spiro atoms. The Hall–Kier alpha value is -1.58. The van der Waals surface area contributed by atoms with Crippen LogP contribution < -0.4 is 0 Å². The molecule has 0 saturated carbocycles. The van der Waals surface area contributed by atoms with Gasteiger partial charge in [0.15, 0.2) is 12.6 Å². The van der Waals surface area contributed by atoms with E-state index in [1.807, 2.05) is 32.8 Å². The lowest BCUT2D eigenvalue weighted by Crippen LogP contribution is -2.61. The number of hydrogen-bond donors (Lipinski definition) is 5. The summed E-state index contributed by atoms with van der Waals surface area (Å²) in [5, 5.41) is 63.6. The van der Waals surface area contributed by atoms with E-state index in [2.05, 4.69) is 5.16 Å². The molecule has 0 amide bonds. The molecule has 17 heteroatoms. The van der Waals surface area contributed by atoms with Gasteiger partial charge < -0.3 is 73.2 Å². The van der Waals surface area contributed by atoms with Gasteiger partial charge in [0.05, 0.1) is 66.6 Å². The molecule has 3 heterocycles. The summed E-state index contributed by atoms with van der Waals surface area (Å²) >= 11 is 0. The molecule has 0 radical (unpaired) electrons. The minimum atomic E-state index is -1.97. The number of likely N-dealkylation sites (N-methyl/N-ethyl adjacent to an activating group) is 1. The third-order valence-corrected chi connectivity index (χ3v) is 12.6. The third kappa shape index (κ3) is 12.1. The molecule has 0 aromatic heterocycles. The Labute approximate surface area is 345 Å². The molecule has 0 aromatic carbocycles. The zero-order valence-corrected chi connectivity index (χ0v) is 37.3. The van der Waals surface area contributed by atoms with Crippen molar-refractivity contribution in [3.8, 4) is 0 Å². The SMILES string of the molecule is CC[C@H]1OC(=O)[C@H](C)[C@@H](OC2C[C@@](C)(OC)[C@@H](O)[C@H](C)O2)[C@H](C)[C@@H](OC2O[C@H](C)C[C@H](N(C)C)[C@H]2O)[C@](C)(O)C[C@@H](C)C(=NOCOCCOC)[C@H](C)[C@@H](O)[C@]1(C)O. The number of ether oxygens (including phenoxy) is 8. The van der Waals surface area contributed by atoms with Crippen molar-refractivity contribution in [1.82, 2.24) is 4.90 Å². The Morgan fingerprint density at radius 2 is 1.55 bits per heavy atom. The molecule has 340 valence electrons. The van der Waals surface area contributed by atoms with Crippen molar-refractivity contribution in [3.05, 3.63) is 0 Å². The molecule has 3 saturated heterocycles. The molecule has 5 N–H and O–H groups in total. The fraction of sp³-hybridized carbons (Fsp3) is 0.951. The Morgan fingerprint density at radius 3 is 2.14 bits per heavy atom. The zero-order chi connectivity index (χ0) is 43.9. The Kier molecular flexibility index (Phi) is 18.8. The van der Waals surface area contributed by atoms with Gasteiger partial charge in [0, 0.05) is 44.4 Å². The highest BCUT2D eigenvalue weighted by Crippen LogP contribution is 2.41. The molecular formula is C41H76N2O15. The smallest absolute Gasteiger partial charge is 0.311 e. The normalized spacial score (nSPS) is 45.8. The number of aliphatic hydroxyl groups is 5. The summed E-state index contributed by atoms with van der Waals surface area (Å²) in [7, 11) is 6.76. The van der Waals surface area contributed by atoms with Crippen molar-refractivity contribution >= 4 is 11.7 Å². The van der Waals surface area contributed by atoms with Gasteiger partial charge in [-0.2, -0.15) is 0 Å². The second kappa shape index (κ2) is 21.5. The van der Waals surface area contributed by atoms with Gasteiger partial charge >= 0.3 is 5.97 Å². The Balaban J connectivity index is 2.22. The van der Waals surface area contributed by atoms with Gasteiger partial charge in [-0.3, -0.25) is 4.79 Å². The van der Waals surface area contributed by atoms with Crippen LogP contribution in [0.25, 0.3) is 0 Å². The number of oxime groups is 1.